The van der Waals surface area contributed by atoms with Crippen molar-refractivity contribution >= 4 is 98.8 Å². The molecule has 27 heavy (non-hydrogen) atoms. The summed E-state index contributed by atoms with van der Waals surface area (Å²) >= 11 is 49.4. The molecule has 0 fully saturated rings. The number of rotatable bonds is 3. The van der Waals surface area contributed by atoms with Crippen LogP contribution in [0.15, 0.2) is 12.2 Å². The molecule has 11 heteroatoms. The molecule has 144 valence electrons. The van der Waals surface area contributed by atoms with Gasteiger partial charge in [-0.25, -0.2) is 4.79 Å². The fraction of sp³-hybridized carbons (Fsp3) is 0.0625. The lowest BCUT2D eigenvalue weighted by molar-refractivity contribution is -0.130. The average molecular weight is 530 g/mol. The van der Waals surface area contributed by atoms with E-state index >= 15 is 0 Å². The minimum Gasteiger partial charge on any atom is -0.505 e. The van der Waals surface area contributed by atoms with Gasteiger partial charge in [0.25, 0.3) is 0 Å². The van der Waals surface area contributed by atoms with Gasteiger partial charge in [-0.05, 0) is 6.92 Å². The predicted octanol–water partition coefficient (Wildman–Crippen LogP) is 8.77. The molecule has 0 saturated heterocycles. The van der Waals surface area contributed by atoms with Gasteiger partial charge in [-0.15, -0.1) is 0 Å². The smallest absolute Gasteiger partial charge is 0.338 e. The van der Waals surface area contributed by atoms with Crippen LogP contribution in [0.1, 0.15) is 6.92 Å². The summed E-state index contributed by atoms with van der Waals surface area (Å²) in [6.45, 7) is 4.89. The molecule has 0 radical (unpaired) electrons. The summed E-state index contributed by atoms with van der Waals surface area (Å²) in [7, 11) is 0. The van der Waals surface area contributed by atoms with Crippen molar-refractivity contribution in [3.63, 3.8) is 0 Å². The largest absolute Gasteiger partial charge is 0.505 e. The Kier molecular flexibility index (Phi) is 7.38. The number of halogens is 8. The Morgan fingerprint density at radius 3 is 1.41 bits per heavy atom. The van der Waals surface area contributed by atoms with E-state index in [0.717, 1.165) is 0 Å². The van der Waals surface area contributed by atoms with E-state index < -0.39 is 11.7 Å². The summed E-state index contributed by atoms with van der Waals surface area (Å²) in [5.41, 5.74) is 0.0756. The highest BCUT2D eigenvalue weighted by Gasteiger charge is 2.29. The van der Waals surface area contributed by atoms with Gasteiger partial charge in [-0.1, -0.05) is 99.4 Å². The standard InChI is InChI=1S/C16H6Cl8O3/c1-3(2)16(26)27-15-12(23)8(19)5(9(20)13(15)24)4-6(17)10(21)14(25)11(22)7(4)18/h25H,1H2,2H3. The van der Waals surface area contributed by atoms with Crippen LogP contribution < -0.4 is 4.74 Å². The molecule has 1 N–H and O–H groups in total. The van der Waals surface area contributed by atoms with E-state index in [1.807, 2.05) is 0 Å². The SMILES string of the molecule is C=C(C)C(=O)Oc1c(Cl)c(Cl)c(-c2c(Cl)c(Cl)c(O)c(Cl)c2Cl)c(Cl)c1Cl. The van der Waals surface area contributed by atoms with Gasteiger partial charge in [0.15, 0.2) is 11.5 Å². The van der Waals surface area contributed by atoms with Crippen molar-refractivity contribution in [1.29, 1.82) is 0 Å². The number of phenolic OH excluding ortho intramolecular Hbond substituents is 1. The molecule has 0 saturated carbocycles. The highest BCUT2D eigenvalue weighted by atomic mass is 35.5. The molecule has 0 unspecified atom stereocenters. The summed E-state index contributed by atoms with van der Waals surface area (Å²) in [4.78, 5) is 11.8. The summed E-state index contributed by atoms with van der Waals surface area (Å²) in [6, 6.07) is 0. The van der Waals surface area contributed by atoms with Gasteiger partial charge in [0.1, 0.15) is 20.1 Å². The van der Waals surface area contributed by atoms with Crippen LogP contribution in [-0.4, -0.2) is 11.1 Å². The monoisotopic (exact) mass is 526 g/mol. The number of hydrogen-bond acceptors (Lipinski definition) is 3. The first-order valence-electron chi connectivity index (χ1n) is 6.70. The van der Waals surface area contributed by atoms with Crippen LogP contribution in [0.2, 0.25) is 40.2 Å². The lowest BCUT2D eigenvalue weighted by Gasteiger charge is -2.18. The predicted molar refractivity (Wildman–Crippen MR) is 114 cm³/mol. The Morgan fingerprint density at radius 1 is 0.741 bits per heavy atom. The maximum Gasteiger partial charge on any atom is 0.338 e. The second kappa shape index (κ2) is 8.64. The van der Waals surface area contributed by atoms with Crippen molar-refractivity contribution in [2.24, 2.45) is 0 Å². The third kappa shape index (κ3) is 4.08. The number of esters is 1. The minimum atomic E-state index is -0.787. The first-order chi connectivity index (χ1) is 12.4. The van der Waals surface area contributed by atoms with E-state index in [4.69, 9.17) is 97.5 Å². The Balaban J connectivity index is 2.87. The Hall–Kier alpha value is -0.230. The second-order valence-electron chi connectivity index (χ2n) is 5.11. The number of hydrogen-bond donors (Lipinski definition) is 1. The second-order valence-corrected chi connectivity index (χ2v) is 8.13. The number of aromatic hydroxyl groups is 1. The zero-order chi connectivity index (χ0) is 20.8. The van der Waals surface area contributed by atoms with E-state index in [2.05, 4.69) is 6.58 Å². The third-order valence-corrected chi connectivity index (χ3v) is 6.61. The van der Waals surface area contributed by atoms with E-state index in [1.54, 1.807) is 0 Å². The van der Waals surface area contributed by atoms with Crippen molar-refractivity contribution in [3.05, 3.63) is 52.3 Å². The molecule has 2 aromatic rings. The van der Waals surface area contributed by atoms with Gasteiger partial charge in [0.2, 0.25) is 0 Å². The maximum absolute atomic E-state index is 11.8. The maximum atomic E-state index is 11.8. The van der Waals surface area contributed by atoms with Crippen LogP contribution in [0.4, 0.5) is 0 Å². The number of carbonyl (C=O) groups is 1. The normalized spacial score (nSPS) is 10.9. The molecule has 0 aliphatic heterocycles. The van der Waals surface area contributed by atoms with Crippen LogP contribution in [0.3, 0.4) is 0 Å². The molecule has 0 heterocycles. The molecule has 0 bridgehead atoms. The first kappa shape index (κ1) is 23.1. The molecule has 0 aliphatic rings. The average Bonchev–Trinajstić information content (AvgIpc) is 2.62. The van der Waals surface area contributed by atoms with Crippen molar-refractivity contribution in [2.45, 2.75) is 6.92 Å². The first-order valence-corrected chi connectivity index (χ1v) is 9.73. The molecule has 0 aliphatic carbocycles. The molecule has 0 aromatic heterocycles. The Bertz CT molecular complexity index is 942. The molecule has 2 aromatic carbocycles. The fourth-order valence-corrected chi connectivity index (χ4v) is 4.07. The van der Waals surface area contributed by atoms with Gasteiger partial charge in [-0.2, -0.15) is 0 Å². The summed E-state index contributed by atoms with van der Waals surface area (Å²) in [6.07, 6.45) is 0. The van der Waals surface area contributed by atoms with Crippen LogP contribution in [0.5, 0.6) is 11.5 Å². The molecule has 0 amide bonds. The summed E-state index contributed by atoms with van der Waals surface area (Å²) in [5, 5.41) is 8.10. The lowest BCUT2D eigenvalue weighted by Crippen LogP contribution is -2.09. The van der Waals surface area contributed by atoms with Gasteiger partial charge < -0.3 is 9.84 Å². The molecular weight excluding hydrogens is 524 g/mol. The highest BCUT2D eigenvalue weighted by Crippen LogP contribution is 2.56. The van der Waals surface area contributed by atoms with E-state index in [1.165, 1.54) is 6.92 Å². The molecular formula is C16H6Cl8O3. The van der Waals surface area contributed by atoms with Gasteiger partial charge >= 0.3 is 5.97 Å². The molecule has 0 atom stereocenters. The van der Waals surface area contributed by atoms with Gasteiger partial charge in [0, 0.05) is 16.7 Å². The van der Waals surface area contributed by atoms with Crippen molar-refractivity contribution in [1.82, 2.24) is 0 Å². The zero-order valence-corrected chi connectivity index (χ0v) is 19.0. The number of phenols is 1. The molecule has 2 rings (SSSR count). The molecule has 0 spiro atoms. The quantitative estimate of drug-likeness (QED) is 0.187. The number of ether oxygens (including phenoxy) is 1. The van der Waals surface area contributed by atoms with Crippen molar-refractivity contribution in [2.75, 3.05) is 0 Å². The topological polar surface area (TPSA) is 46.5 Å². The third-order valence-electron chi connectivity index (χ3n) is 3.26. The summed E-state index contributed by atoms with van der Waals surface area (Å²) in [5.74, 6) is -1.58. The van der Waals surface area contributed by atoms with Crippen molar-refractivity contribution < 1.29 is 14.6 Å². The van der Waals surface area contributed by atoms with Crippen LogP contribution in [0, 0.1) is 0 Å². The minimum absolute atomic E-state index is 0.0114. The zero-order valence-electron chi connectivity index (χ0n) is 13.0. The van der Waals surface area contributed by atoms with E-state index in [-0.39, 0.29) is 62.6 Å². The Labute approximate surface area is 194 Å². The van der Waals surface area contributed by atoms with E-state index in [0.29, 0.717) is 0 Å². The van der Waals surface area contributed by atoms with Crippen molar-refractivity contribution in [3.8, 4) is 22.6 Å². The fourth-order valence-electron chi connectivity index (χ4n) is 1.94. The lowest BCUT2D eigenvalue weighted by atomic mass is 10.0. The summed E-state index contributed by atoms with van der Waals surface area (Å²) < 4.78 is 5.09. The highest BCUT2D eigenvalue weighted by molar-refractivity contribution is 6.55. The van der Waals surface area contributed by atoms with Crippen LogP contribution in [-0.2, 0) is 4.79 Å². The van der Waals surface area contributed by atoms with Gasteiger partial charge in [0.05, 0.1) is 20.1 Å². The van der Waals surface area contributed by atoms with E-state index in [9.17, 15) is 9.90 Å². The van der Waals surface area contributed by atoms with Crippen LogP contribution >= 0.6 is 92.8 Å². The Morgan fingerprint density at radius 2 is 1.07 bits per heavy atom. The number of carbonyl (C=O) groups excluding carboxylic acids is 1. The number of benzene rings is 2. The van der Waals surface area contributed by atoms with Crippen LogP contribution in [0.25, 0.3) is 11.1 Å². The molecule has 3 nitrogen and oxygen atoms in total. The van der Waals surface area contributed by atoms with Gasteiger partial charge in [-0.3, -0.25) is 0 Å².